The van der Waals surface area contributed by atoms with Crippen LogP contribution in [0.1, 0.15) is 43.4 Å². The molecular weight excluding hydrogens is 618 g/mol. The smallest absolute Gasteiger partial charge is 0.277 e. The van der Waals surface area contributed by atoms with E-state index >= 15 is 0 Å². The van der Waals surface area contributed by atoms with Crippen LogP contribution in [0, 0.1) is 13.8 Å². The van der Waals surface area contributed by atoms with Crippen molar-refractivity contribution < 1.29 is 19.4 Å². The number of carbonyl (C=O) groups excluding carboxylic acids is 2. The number of ether oxygens (including phenoxy) is 1. The first kappa shape index (κ1) is 30.3. The van der Waals surface area contributed by atoms with Crippen LogP contribution in [0.4, 0.5) is 11.4 Å². The fourth-order valence-electron chi connectivity index (χ4n) is 6.46. The first-order valence-electron chi connectivity index (χ1n) is 15.3. The van der Waals surface area contributed by atoms with E-state index in [-0.39, 0.29) is 30.5 Å². The number of aromatic hydroxyl groups is 1. The van der Waals surface area contributed by atoms with Gasteiger partial charge in [-0.1, -0.05) is 23.7 Å². The molecule has 0 aliphatic carbocycles. The zero-order valence-corrected chi connectivity index (χ0v) is 26.9. The maximum Gasteiger partial charge on any atom is 0.277 e. The lowest BCUT2D eigenvalue weighted by Crippen LogP contribution is -2.36. The van der Waals surface area contributed by atoms with Crippen LogP contribution in [0.15, 0.2) is 77.7 Å². The molecule has 5 aromatic rings. The second kappa shape index (κ2) is 11.8. The Kier molecular flexibility index (Phi) is 7.60. The number of benzene rings is 3. The molecule has 1 N–H and O–H groups in total. The highest BCUT2D eigenvalue weighted by atomic mass is 35.5. The van der Waals surface area contributed by atoms with Gasteiger partial charge in [0.25, 0.3) is 17.4 Å². The summed E-state index contributed by atoms with van der Waals surface area (Å²) in [5.41, 5.74) is 4.64. The lowest BCUT2D eigenvalue weighted by molar-refractivity contribution is 0.0734. The molecule has 0 saturated heterocycles. The number of amides is 2. The first-order valence-corrected chi connectivity index (χ1v) is 15.7. The highest BCUT2D eigenvalue weighted by Gasteiger charge is 2.31. The van der Waals surface area contributed by atoms with E-state index in [1.54, 1.807) is 43.3 Å². The number of aryl methyl sites for hydroxylation is 1. The maximum absolute atomic E-state index is 14.6. The Morgan fingerprint density at radius 2 is 1.68 bits per heavy atom. The van der Waals surface area contributed by atoms with Gasteiger partial charge >= 0.3 is 0 Å². The second-order valence-electron chi connectivity index (χ2n) is 11.8. The molecule has 3 aliphatic rings. The molecule has 2 amide bonds. The minimum Gasteiger partial charge on any atom is -0.508 e. The van der Waals surface area contributed by atoms with E-state index < -0.39 is 11.5 Å². The van der Waals surface area contributed by atoms with Gasteiger partial charge in [0.05, 0.1) is 18.3 Å². The molecule has 2 aromatic heterocycles. The van der Waals surface area contributed by atoms with Crippen molar-refractivity contribution in [3.63, 3.8) is 0 Å². The van der Waals surface area contributed by atoms with Crippen molar-refractivity contribution in [3.05, 3.63) is 122 Å². The largest absolute Gasteiger partial charge is 0.508 e. The number of halogens is 1. The molecule has 11 heteroatoms. The van der Waals surface area contributed by atoms with Gasteiger partial charge in [-0.15, -0.1) is 0 Å². The third-order valence-electron chi connectivity index (χ3n) is 9.12. The fraction of sp³-hybridized carbons (Fsp3) is 0.222. The van der Waals surface area contributed by atoms with E-state index in [4.69, 9.17) is 16.3 Å². The average molecular weight is 650 g/mol. The Balaban J connectivity index is 1.46. The van der Waals surface area contributed by atoms with Crippen molar-refractivity contribution in [1.29, 1.82) is 0 Å². The molecule has 8 bridgehead atoms. The Morgan fingerprint density at radius 1 is 0.894 bits per heavy atom. The van der Waals surface area contributed by atoms with Crippen LogP contribution < -0.4 is 15.2 Å². The van der Waals surface area contributed by atoms with Crippen LogP contribution in [-0.2, 0) is 26.6 Å². The SMILES string of the molecule is Cc1c2cc(n1C)-c1cc(Cl)ccc1C(=O)N1CCc3c(cccc3OCCn3c(C)ncc(c3=O)N(c3ccc(O)cc3)C2=O)C1. The third-order valence-corrected chi connectivity index (χ3v) is 9.35. The van der Waals surface area contributed by atoms with Gasteiger partial charge in [-0.3, -0.25) is 23.9 Å². The van der Waals surface area contributed by atoms with E-state index in [1.807, 2.05) is 41.6 Å². The van der Waals surface area contributed by atoms with Gasteiger partial charge in [0.15, 0.2) is 0 Å². The number of aromatic nitrogens is 3. The summed E-state index contributed by atoms with van der Waals surface area (Å²) in [4.78, 5) is 50.6. The number of nitrogens with zero attached hydrogens (tertiary/aromatic N) is 5. The van der Waals surface area contributed by atoms with Crippen molar-refractivity contribution in [3.8, 4) is 22.8 Å². The van der Waals surface area contributed by atoms with E-state index in [0.29, 0.717) is 69.9 Å². The van der Waals surface area contributed by atoms with Gasteiger partial charge in [0.1, 0.15) is 29.6 Å². The summed E-state index contributed by atoms with van der Waals surface area (Å²) in [5.74, 6) is 0.577. The molecule has 8 rings (SSSR count). The van der Waals surface area contributed by atoms with E-state index in [0.717, 1.165) is 11.1 Å². The molecule has 0 atom stereocenters. The molecule has 0 spiro atoms. The topological polar surface area (TPSA) is 110 Å². The molecule has 5 heterocycles. The van der Waals surface area contributed by atoms with Crippen molar-refractivity contribution >= 4 is 34.8 Å². The van der Waals surface area contributed by atoms with Crippen LogP contribution in [-0.4, -0.2) is 49.1 Å². The van der Waals surface area contributed by atoms with Crippen molar-refractivity contribution in [2.75, 3.05) is 18.1 Å². The highest BCUT2D eigenvalue weighted by molar-refractivity contribution is 6.31. The van der Waals surface area contributed by atoms with Crippen molar-refractivity contribution in [2.45, 2.75) is 33.4 Å². The summed E-state index contributed by atoms with van der Waals surface area (Å²) in [5, 5.41) is 10.5. The fourth-order valence-corrected chi connectivity index (χ4v) is 6.63. The first-order chi connectivity index (χ1) is 22.6. The third kappa shape index (κ3) is 5.24. The second-order valence-corrected chi connectivity index (χ2v) is 12.2. The quantitative estimate of drug-likeness (QED) is 0.246. The molecule has 3 aromatic carbocycles. The molecular formula is C36H32ClN5O5. The molecule has 0 saturated carbocycles. The standard InChI is InChI=1S/C36H32ClN5O5/c1-21-29-18-31(39(21)3)30-17-24(37)7-12-28(30)34(44)40-14-13-27-23(20-40)5-4-6-33(27)47-16-15-41-22(2)38-19-32(36(41)46)42(35(29)45)25-8-10-26(43)11-9-25/h4-12,17-19,43H,13-16,20H2,1-3H3. The summed E-state index contributed by atoms with van der Waals surface area (Å²) in [6, 6.07) is 18.8. The molecule has 3 aliphatic heterocycles. The Morgan fingerprint density at radius 3 is 2.47 bits per heavy atom. The number of anilines is 2. The van der Waals surface area contributed by atoms with Gasteiger partial charge < -0.3 is 19.3 Å². The van der Waals surface area contributed by atoms with Gasteiger partial charge in [-0.25, -0.2) is 4.98 Å². The maximum atomic E-state index is 14.6. The number of rotatable bonds is 1. The minimum absolute atomic E-state index is 0.0151. The van der Waals surface area contributed by atoms with Crippen LogP contribution in [0.25, 0.3) is 11.3 Å². The monoisotopic (exact) mass is 649 g/mol. The number of hydrogen-bond acceptors (Lipinski definition) is 6. The normalized spacial score (nSPS) is 14.7. The van der Waals surface area contributed by atoms with Crippen LogP contribution in [0.3, 0.4) is 0 Å². The molecule has 0 radical (unpaired) electrons. The number of fused-ring (bicyclic) bond motifs is 4. The van der Waals surface area contributed by atoms with E-state index in [9.17, 15) is 19.5 Å². The molecule has 0 unspecified atom stereocenters. The van der Waals surface area contributed by atoms with Crippen LogP contribution in [0.2, 0.25) is 5.02 Å². The number of carbonyl (C=O) groups is 2. The summed E-state index contributed by atoms with van der Waals surface area (Å²) in [6.45, 7) is 4.84. The Bertz CT molecular complexity index is 2140. The molecule has 10 nitrogen and oxygen atoms in total. The van der Waals surface area contributed by atoms with Gasteiger partial charge in [-0.2, -0.15) is 0 Å². The van der Waals surface area contributed by atoms with Gasteiger partial charge in [0.2, 0.25) is 0 Å². The van der Waals surface area contributed by atoms with Gasteiger partial charge in [-0.05, 0) is 80.4 Å². The zero-order chi connectivity index (χ0) is 33.0. The van der Waals surface area contributed by atoms with E-state index in [1.165, 1.54) is 27.8 Å². The highest BCUT2D eigenvalue weighted by Crippen LogP contribution is 2.35. The van der Waals surface area contributed by atoms with Crippen LogP contribution >= 0.6 is 11.6 Å². The van der Waals surface area contributed by atoms with Crippen molar-refractivity contribution in [2.24, 2.45) is 7.05 Å². The van der Waals surface area contributed by atoms with Crippen molar-refractivity contribution in [1.82, 2.24) is 19.0 Å². The summed E-state index contributed by atoms with van der Waals surface area (Å²) in [7, 11) is 1.83. The number of phenolic OH excluding ortho intramolecular Hbond substituents is 1. The number of hydrogen-bond donors (Lipinski definition) is 1. The number of phenols is 1. The lowest BCUT2D eigenvalue weighted by atomic mass is 9.96. The van der Waals surface area contributed by atoms with Gasteiger partial charge in [0, 0.05) is 58.9 Å². The predicted octanol–water partition coefficient (Wildman–Crippen LogP) is 5.79. The molecule has 0 fully saturated rings. The Hall–Kier alpha value is -5.35. The summed E-state index contributed by atoms with van der Waals surface area (Å²) < 4.78 is 9.59. The van der Waals surface area contributed by atoms with Crippen LogP contribution in [0.5, 0.6) is 11.5 Å². The lowest BCUT2D eigenvalue weighted by Gasteiger charge is -2.30. The average Bonchev–Trinajstić information content (AvgIpc) is 3.36. The summed E-state index contributed by atoms with van der Waals surface area (Å²) >= 11 is 6.51. The molecule has 47 heavy (non-hydrogen) atoms. The molecule has 238 valence electrons. The summed E-state index contributed by atoms with van der Waals surface area (Å²) in [6.07, 6.45) is 2.01. The zero-order valence-electron chi connectivity index (χ0n) is 26.2. The Labute approximate surface area is 276 Å². The minimum atomic E-state index is -0.478. The van der Waals surface area contributed by atoms with E-state index in [2.05, 4.69) is 4.98 Å². The predicted molar refractivity (Wildman–Crippen MR) is 179 cm³/mol.